The number of carbonyl (C=O) groups excluding carboxylic acids is 1. The number of benzene rings is 1. The third-order valence-electron chi connectivity index (χ3n) is 2.72. The van der Waals surface area contributed by atoms with Crippen molar-refractivity contribution in [1.29, 1.82) is 0 Å². The van der Waals surface area contributed by atoms with E-state index in [1.165, 1.54) is 0 Å². The maximum atomic E-state index is 12.1. The van der Waals surface area contributed by atoms with E-state index >= 15 is 0 Å². The molecule has 1 aromatic carbocycles. The van der Waals surface area contributed by atoms with E-state index in [4.69, 9.17) is 4.74 Å². The number of nitrogens with one attached hydrogen (secondary N) is 2. The summed E-state index contributed by atoms with van der Waals surface area (Å²) in [4.78, 5) is 12.1. The van der Waals surface area contributed by atoms with Gasteiger partial charge in [0.25, 0.3) is 5.91 Å². The number of methoxy groups -OCH3 is 1. The Morgan fingerprint density at radius 2 is 2.00 bits per heavy atom. The number of para-hydroxylation sites is 1. The maximum absolute atomic E-state index is 12.1. The van der Waals surface area contributed by atoms with E-state index in [0.717, 1.165) is 5.56 Å². The molecule has 6 nitrogen and oxygen atoms in total. The van der Waals surface area contributed by atoms with Crippen molar-refractivity contribution in [2.75, 3.05) is 24.8 Å². The van der Waals surface area contributed by atoms with E-state index in [1.807, 2.05) is 24.3 Å². The average Bonchev–Trinajstić information content (AvgIpc) is 2.49. The lowest BCUT2D eigenvalue weighted by atomic mass is 10.2. The summed E-state index contributed by atoms with van der Waals surface area (Å²) in [5.74, 6) is 0.310. The summed E-state index contributed by atoms with van der Waals surface area (Å²) in [6.07, 6.45) is 0. The van der Waals surface area contributed by atoms with Gasteiger partial charge in [0.15, 0.2) is 5.69 Å². The number of amides is 1. The fraction of sp³-hybridized carbons (Fsp3) is 0.214. The van der Waals surface area contributed by atoms with E-state index in [1.54, 1.807) is 26.3 Å². The Bertz CT molecular complexity index is 584. The van der Waals surface area contributed by atoms with Crippen LogP contribution in [0.4, 0.5) is 11.5 Å². The predicted octanol–water partition coefficient (Wildman–Crippen LogP) is 1.92. The van der Waals surface area contributed by atoms with Gasteiger partial charge in [0.1, 0.15) is 5.82 Å². The lowest BCUT2D eigenvalue weighted by molar-refractivity contribution is 0.102. The highest BCUT2D eigenvalue weighted by atomic mass is 16.5. The molecule has 0 spiro atoms. The van der Waals surface area contributed by atoms with Crippen molar-refractivity contribution < 1.29 is 9.53 Å². The molecule has 0 atom stereocenters. The summed E-state index contributed by atoms with van der Waals surface area (Å²) < 4.78 is 5.10. The Labute approximate surface area is 117 Å². The molecule has 0 unspecified atom stereocenters. The van der Waals surface area contributed by atoms with E-state index in [0.29, 0.717) is 18.1 Å². The van der Waals surface area contributed by atoms with Gasteiger partial charge in [0.05, 0.1) is 6.61 Å². The fourth-order valence-electron chi connectivity index (χ4n) is 1.70. The minimum atomic E-state index is -0.302. The van der Waals surface area contributed by atoms with Crippen LogP contribution in [0, 0.1) is 0 Å². The van der Waals surface area contributed by atoms with E-state index in [9.17, 15) is 4.79 Å². The summed E-state index contributed by atoms with van der Waals surface area (Å²) >= 11 is 0. The van der Waals surface area contributed by atoms with Crippen LogP contribution in [0.5, 0.6) is 0 Å². The Balaban J connectivity index is 2.14. The van der Waals surface area contributed by atoms with Crippen molar-refractivity contribution in [3.05, 3.63) is 47.7 Å². The van der Waals surface area contributed by atoms with Crippen LogP contribution in [0.25, 0.3) is 0 Å². The van der Waals surface area contributed by atoms with E-state index < -0.39 is 0 Å². The number of hydrogen-bond donors (Lipinski definition) is 2. The molecule has 0 radical (unpaired) electrons. The summed E-state index contributed by atoms with van der Waals surface area (Å²) in [6, 6.07) is 10.8. The zero-order valence-corrected chi connectivity index (χ0v) is 11.4. The number of anilines is 2. The first-order chi connectivity index (χ1) is 9.74. The molecule has 6 heteroatoms. The zero-order valence-electron chi connectivity index (χ0n) is 11.4. The van der Waals surface area contributed by atoms with E-state index in [-0.39, 0.29) is 11.6 Å². The summed E-state index contributed by atoms with van der Waals surface area (Å²) in [7, 11) is 3.35. The molecule has 20 heavy (non-hydrogen) atoms. The van der Waals surface area contributed by atoms with Crippen LogP contribution in [0.2, 0.25) is 0 Å². The molecular formula is C14H16N4O2. The second kappa shape index (κ2) is 6.63. The molecule has 2 N–H and O–H groups in total. The molecule has 0 saturated heterocycles. The first-order valence-electron chi connectivity index (χ1n) is 6.14. The number of aromatic nitrogens is 2. The lowest BCUT2D eigenvalue weighted by Crippen LogP contribution is -2.15. The second-order valence-electron chi connectivity index (χ2n) is 4.10. The zero-order chi connectivity index (χ0) is 14.4. The van der Waals surface area contributed by atoms with Crippen molar-refractivity contribution in [3.8, 4) is 0 Å². The van der Waals surface area contributed by atoms with Crippen LogP contribution in [-0.4, -0.2) is 30.3 Å². The summed E-state index contributed by atoms with van der Waals surface area (Å²) in [5, 5.41) is 13.4. The van der Waals surface area contributed by atoms with Gasteiger partial charge in [0.2, 0.25) is 0 Å². The predicted molar refractivity (Wildman–Crippen MR) is 76.7 cm³/mol. The number of hydrogen-bond acceptors (Lipinski definition) is 5. The highest BCUT2D eigenvalue weighted by molar-refractivity contribution is 6.03. The van der Waals surface area contributed by atoms with Gasteiger partial charge in [-0.1, -0.05) is 18.2 Å². The normalized spacial score (nSPS) is 10.1. The Morgan fingerprint density at radius 1 is 1.20 bits per heavy atom. The number of carbonyl (C=O) groups is 1. The van der Waals surface area contributed by atoms with Gasteiger partial charge in [-0.15, -0.1) is 10.2 Å². The molecule has 0 bridgehead atoms. The van der Waals surface area contributed by atoms with Crippen LogP contribution < -0.4 is 10.6 Å². The average molecular weight is 272 g/mol. The fourth-order valence-corrected chi connectivity index (χ4v) is 1.70. The molecule has 1 heterocycles. The quantitative estimate of drug-likeness (QED) is 0.869. The first-order valence-corrected chi connectivity index (χ1v) is 6.14. The minimum Gasteiger partial charge on any atom is -0.380 e. The Kier molecular flexibility index (Phi) is 4.62. The number of ether oxygens (including phenoxy) is 1. The highest BCUT2D eigenvalue weighted by Crippen LogP contribution is 2.16. The molecule has 1 aromatic heterocycles. The monoisotopic (exact) mass is 272 g/mol. The van der Waals surface area contributed by atoms with Crippen molar-refractivity contribution in [2.45, 2.75) is 6.61 Å². The molecule has 0 aliphatic rings. The summed E-state index contributed by atoms with van der Waals surface area (Å²) in [6.45, 7) is 0.431. The minimum absolute atomic E-state index is 0.260. The molecule has 0 aliphatic heterocycles. The van der Waals surface area contributed by atoms with Gasteiger partial charge in [-0.05, 0) is 18.2 Å². The largest absolute Gasteiger partial charge is 0.380 e. The summed E-state index contributed by atoms with van der Waals surface area (Å²) in [5.41, 5.74) is 1.87. The molecule has 2 rings (SSSR count). The van der Waals surface area contributed by atoms with Crippen LogP contribution in [0.15, 0.2) is 36.4 Å². The van der Waals surface area contributed by atoms with Crippen LogP contribution in [-0.2, 0) is 11.3 Å². The third-order valence-corrected chi connectivity index (χ3v) is 2.72. The number of rotatable bonds is 5. The number of nitrogens with zero attached hydrogens (tertiary/aromatic N) is 2. The van der Waals surface area contributed by atoms with Crippen LogP contribution in [0.1, 0.15) is 16.1 Å². The SMILES string of the molecule is CNc1ccc(C(=O)Nc2ccccc2COC)nn1. The van der Waals surface area contributed by atoms with Crippen molar-refractivity contribution in [1.82, 2.24) is 10.2 Å². The van der Waals surface area contributed by atoms with Crippen molar-refractivity contribution in [2.24, 2.45) is 0 Å². The third kappa shape index (κ3) is 3.30. The molecular weight excluding hydrogens is 256 g/mol. The van der Waals surface area contributed by atoms with E-state index in [2.05, 4.69) is 20.8 Å². The van der Waals surface area contributed by atoms with Crippen LogP contribution >= 0.6 is 0 Å². The maximum Gasteiger partial charge on any atom is 0.276 e. The first kappa shape index (κ1) is 14.0. The van der Waals surface area contributed by atoms with Gasteiger partial charge in [-0.2, -0.15) is 0 Å². The van der Waals surface area contributed by atoms with Gasteiger partial charge in [-0.25, -0.2) is 0 Å². The molecule has 0 fully saturated rings. The Hall–Kier alpha value is -2.47. The van der Waals surface area contributed by atoms with Crippen LogP contribution in [0.3, 0.4) is 0 Å². The lowest BCUT2D eigenvalue weighted by Gasteiger charge is -2.10. The molecule has 2 aromatic rings. The molecule has 0 saturated carbocycles. The highest BCUT2D eigenvalue weighted by Gasteiger charge is 2.10. The standard InChI is InChI=1S/C14H16N4O2/c1-15-13-8-7-12(17-18-13)14(19)16-11-6-4-3-5-10(11)9-20-2/h3-8H,9H2,1-2H3,(H,15,18)(H,16,19). The van der Waals surface area contributed by atoms with Gasteiger partial charge in [0, 0.05) is 25.4 Å². The molecule has 0 aliphatic carbocycles. The van der Waals surface area contributed by atoms with Crippen molar-refractivity contribution in [3.63, 3.8) is 0 Å². The smallest absolute Gasteiger partial charge is 0.276 e. The van der Waals surface area contributed by atoms with Gasteiger partial charge in [-0.3, -0.25) is 4.79 Å². The molecule has 1 amide bonds. The van der Waals surface area contributed by atoms with Gasteiger partial charge >= 0.3 is 0 Å². The topological polar surface area (TPSA) is 76.1 Å². The second-order valence-corrected chi connectivity index (χ2v) is 4.10. The van der Waals surface area contributed by atoms with Gasteiger partial charge < -0.3 is 15.4 Å². The van der Waals surface area contributed by atoms with Crippen molar-refractivity contribution >= 4 is 17.4 Å². The molecule has 104 valence electrons. The Morgan fingerprint density at radius 3 is 2.65 bits per heavy atom.